The highest BCUT2D eigenvalue weighted by atomic mass is 35.5. The van der Waals surface area contributed by atoms with Gasteiger partial charge < -0.3 is 5.32 Å². The lowest BCUT2D eigenvalue weighted by Crippen LogP contribution is -2.12. The summed E-state index contributed by atoms with van der Waals surface area (Å²) in [7, 11) is 0. The lowest BCUT2D eigenvalue weighted by molar-refractivity contribution is 0.103. The first-order valence-corrected chi connectivity index (χ1v) is 11.1. The first-order valence-electron chi connectivity index (χ1n) is 9.06. The Bertz CT molecular complexity index is 1090. The smallest absolute Gasteiger partial charge is 0.267 e. The van der Waals surface area contributed by atoms with E-state index in [-0.39, 0.29) is 5.91 Å². The molecule has 138 valence electrons. The molecule has 1 unspecified atom stereocenters. The van der Waals surface area contributed by atoms with E-state index in [0.717, 1.165) is 46.9 Å². The molecule has 0 bridgehead atoms. The van der Waals surface area contributed by atoms with Crippen LogP contribution in [-0.2, 0) is 12.8 Å². The summed E-state index contributed by atoms with van der Waals surface area (Å²) in [6.07, 6.45) is 4.19. The molecule has 1 atom stereocenters. The van der Waals surface area contributed by atoms with E-state index in [9.17, 15) is 10.1 Å². The zero-order valence-corrected chi connectivity index (χ0v) is 17.6. The molecule has 1 aromatic carbocycles. The number of amides is 1. The van der Waals surface area contributed by atoms with Crippen LogP contribution in [0, 0.1) is 24.2 Å². The summed E-state index contributed by atoms with van der Waals surface area (Å²) >= 11 is 9.42. The number of nitriles is 1. The van der Waals surface area contributed by atoms with Crippen molar-refractivity contribution < 1.29 is 4.79 Å². The van der Waals surface area contributed by atoms with Crippen LogP contribution in [0.5, 0.6) is 0 Å². The first-order chi connectivity index (χ1) is 13.0. The minimum absolute atomic E-state index is 0.235. The van der Waals surface area contributed by atoms with Crippen molar-refractivity contribution in [2.75, 3.05) is 5.32 Å². The van der Waals surface area contributed by atoms with E-state index in [0.29, 0.717) is 26.4 Å². The van der Waals surface area contributed by atoms with Gasteiger partial charge in [-0.15, -0.1) is 22.7 Å². The molecule has 0 saturated heterocycles. The standard InChI is InChI=1S/C21H19ClN2OS2/c1-3-12-5-7-13-15(10-23)21(27-17(13)9-12)24-20(25)19-18(22)14-6-4-11(2)8-16(14)26-19/h4,6,8,12H,3,5,7,9H2,1-2H3,(H,24,25). The lowest BCUT2D eigenvalue weighted by Gasteiger charge is -2.20. The van der Waals surface area contributed by atoms with Gasteiger partial charge in [-0.1, -0.05) is 37.1 Å². The van der Waals surface area contributed by atoms with Gasteiger partial charge in [-0.3, -0.25) is 4.79 Å². The molecule has 2 heterocycles. The van der Waals surface area contributed by atoms with Crippen molar-refractivity contribution in [2.45, 2.75) is 39.5 Å². The quantitative estimate of drug-likeness (QED) is 0.527. The molecular weight excluding hydrogens is 396 g/mol. The highest BCUT2D eigenvalue weighted by molar-refractivity contribution is 7.22. The summed E-state index contributed by atoms with van der Waals surface area (Å²) < 4.78 is 1.00. The molecule has 1 aliphatic rings. The predicted octanol–water partition coefficient (Wildman–Crippen LogP) is 6.56. The van der Waals surface area contributed by atoms with Crippen molar-refractivity contribution in [2.24, 2.45) is 5.92 Å². The van der Waals surface area contributed by atoms with E-state index in [1.807, 2.05) is 25.1 Å². The third-order valence-corrected chi connectivity index (χ3v) is 8.10. The lowest BCUT2D eigenvalue weighted by atomic mass is 9.86. The maximum atomic E-state index is 12.9. The van der Waals surface area contributed by atoms with Crippen LogP contribution in [0.15, 0.2) is 18.2 Å². The van der Waals surface area contributed by atoms with Gasteiger partial charge in [0.1, 0.15) is 15.9 Å². The van der Waals surface area contributed by atoms with Gasteiger partial charge in [-0.2, -0.15) is 5.26 Å². The molecule has 3 aromatic rings. The van der Waals surface area contributed by atoms with E-state index in [2.05, 4.69) is 18.3 Å². The molecule has 27 heavy (non-hydrogen) atoms. The van der Waals surface area contributed by atoms with E-state index in [1.165, 1.54) is 16.2 Å². The average molecular weight is 415 g/mol. The van der Waals surface area contributed by atoms with Crippen molar-refractivity contribution in [3.8, 4) is 6.07 Å². The van der Waals surface area contributed by atoms with Gasteiger partial charge in [0.05, 0.1) is 10.6 Å². The Morgan fingerprint density at radius 2 is 2.22 bits per heavy atom. The average Bonchev–Trinajstić information content (AvgIpc) is 3.17. The van der Waals surface area contributed by atoms with Crippen LogP contribution in [0.2, 0.25) is 5.02 Å². The topological polar surface area (TPSA) is 52.9 Å². The van der Waals surface area contributed by atoms with Crippen LogP contribution >= 0.6 is 34.3 Å². The highest BCUT2D eigenvalue weighted by Gasteiger charge is 2.27. The molecule has 0 spiro atoms. The minimum atomic E-state index is -0.235. The second-order valence-electron chi connectivity index (χ2n) is 7.04. The van der Waals surface area contributed by atoms with Crippen molar-refractivity contribution in [1.82, 2.24) is 0 Å². The maximum absolute atomic E-state index is 12.9. The number of carbonyl (C=O) groups excluding carboxylic acids is 1. The van der Waals surface area contributed by atoms with Crippen molar-refractivity contribution in [3.05, 3.63) is 49.7 Å². The number of halogens is 1. The number of anilines is 1. The Morgan fingerprint density at radius 1 is 1.41 bits per heavy atom. The number of benzene rings is 1. The third-order valence-electron chi connectivity index (χ3n) is 5.27. The second kappa shape index (κ2) is 7.27. The van der Waals surface area contributed by atoms with Crippen molar-refractivity contribution in [1.29, 1.82) is 5.26 Å². The Balaban J connectivity index is 1.67. The summed E-state index contributed by atoms with van der Waals surface area (Å²) in [4.78, 5) is 14.7. The molecule has 1 N–H and O–H groups in total. The molecule has 6 heteroatoms. The van der Waals surface area contributed by atoms with E-state index >= 15 is 0 Å². The van der Waals surface area contributed by atoms with Gasteiger partial charge >= 0.3 is 0 Å². The molecule has 1 aliphatic carbocycles. The highest BCUT2D eigenvalue weighted by Crippen LogP contribution is 2.41. The molecule has 0 fully saturated rings. The summed E-state index contributed by atoms with van der Waals surface area (Å²) in [6, 6.07) is 8.30. The molecule has 0 saturated carbocycles. The van der Waals surface area contributed by atoms with Gasteiger partial charge in [0.25, 0.3) is 5.91 Å². The number of fused-ring (bicyclic) bond motifs is 2. The number of thiophene rings is 2. The number of hydrogen-bond donors (Lipinski definition) is 1. The monoisotopic (exact) mass is 414 g/mol. The molecule has 4 rings (SSSR count). The number of aryl methyl sites for hydroxylation is 1. The predicted molar refractivity (Wildman–Crippen MR) is 114 cm³/mol. The minimum Gasteiger partial charge on any atom is -0.312 e. The first kappa shape index (κ1) is 18.5. The van der Waals surface area contributed by atoms with Crippen LogP contribution in [0.25, 0.3) is 10.1 Å². The molecular formula is C21H19ClN2OS2. The van der Waals surface area contributed by atoms with Gasteiger partial charge in [-0.05, 0) is 49.3 Å². The number of hydrogen-bond acceptors (Lipinski definition) is 4. The fourth-order valence-corrected chi connectivity index (χ4v) is 6.51. The summed E-state index contributed by atoms with van der Waals surface area (Å²) in [5, 5.41) is 14.7. The SMILES string of the molecule is CCC1CCc2c(sc(NC(=O)c3sc4cc(C)ccc4c3Cl)c2C#N)C1. The Labute approximate surface area is 171 Å². The van der Waals surface area contributed by atoms with Gasteiger partial charge in [0.15, 0.2) is 0 Å². The molecule has 0 aliphatic heterocycles. The van der Waals surface area contributed by atoms with Crippen LogP contribution in [0.3, 0.4) is 0 Å². The molecule has 1 amide bonds. The van der Waals surface area contributed by atoms with Crippen LogP contribution in [0.4, 0.5) is 5.00 Å². The summed E-state index contributed by atoms with van der Waals surface area (Å²) in [5.74, 6) is 0.438. The second-order valence-corrected chi connectivity index (χ2v) is 9.57. The van der Waals surface area contributed by atoms with E-state index < -0.39 is 0 Å². The number of carbonyl (C=O) groups is 1. The van der Waals surface area contributed by atoms with Crippen LogP contribution in [0.1, 0.15) is 51.0 Å². The maximum Gasteiger partial charge on any atom is 0.267 e. The van der Waals surface area contributed by atoms with Crippen LogP contribution in [-0.4, -0.2) is 5.91 Å². The van der Waals surface area contributed by atoms with E-state index in [4.69, 9.17) is 11.6 Å². The largest absolute Gasteiger partial charge is 0.312 e. The van der Waals surface area contributed by atoms with Gasteiger partial charge in [0.2, 0.25) is 0 Å². The molecule has 2 aromatic heterocycles. The number of nitrogens with zero attached hydrogens (tertiary/aromatic N) is 1. The fourth-order valence-electron chi connectivity index (χ4n) is 3.69. The van der Waals surface area contributed by atoms with Crippen LogP contribution < -0.4 is 5.32 Å². The normalized spacial score (nSPS) is 16.1. The van der Waals surface area contributed by atoms with Crippen molar-refractivity contribution in [3.63, 3.8) is 0 Å². The molecule has 0 radical (unpaired) electrons. The Morgan fingerprint density at radius 3 is 2.96 bits per heavy atom. The Kier molecular flexibility index (Phi) is 4.98. The van der Waals surface area contributed by atoms with Crippen molar-refractivity contribution >= 4 is 55.3 Å². The fraction of sp³-hybridized carbons (Fsp3) is 0.333. The zero-order chi connectivity index (χ0) is 19.1. The van der Waals surface area contributed by atoms with E-state index in [1.54, 1.807) is 11.3 Å². The Hall–Kier alpha value is -1.87. The van der Waals surface area contributed by atoms with Gasteiger partial charge in [0, 0.05) is 15.0 Å². The number of rotatable bonds is 3. The molecule has 3 nitrogen and oxygen atoms in total. The summed E-state index contributed by atoms with van der Waals surface area (Å²) in [5.41, 5.74) is 2.89. The zero-order valence-electron chi connectivity index (χ0n) is 15.2. The van der Waals surface area contributed by atoms with Gasteiger partial charge in [-0.25, -0.2) is 0 Å². The third kappa shape index (κ3) is 3.27. The summed E-state index contributed by atoms with van der Waals surface area (Å²) in [6.45, 7) is 4.23. The number of nitrogens with one attached hydrogen (secondary N) is 1.